The van der Waals surface area contributed by atoms with Gasteiger partial charge in [-0.3, -0.25) is 0 Å². The van der Waals surface area contributed by atoms with Crippen LogP contribution in [-0.4, -0.2) is 42.6 Å². The summed E-state index contributed by atoms with van der Waals surface area (Å²) in [6.45, 7) is 0. The van der Waals surface area contributed by atoms with Gasteiger partial charge in [-0.25, -0.2) is 13.4 Å². The SMILES string of the molecule is CS(=O)(=O)CC(N)c1nc(B(O)O)cs1. The third-order valence-electron chi connectivity index (χ3n) is 1.60. The zero-order valence-corrected chi connectivity index (χ0v) is 9.62. The summed E-state index contributed by atoms with van der Waals surface area (Å²) in [6.07, 6.45) is 1.09. The van der Waals surface area contributed by atoms with E-state index < -0.39 is 23.0 Å². The van der Waals surface area contributed by atoms with Gasteiger partial charge < -0.3 is 15.8 Å². The molecule has 1 rings (SSSR count). The lowest BCUT2D eigenvalue weighted by molar-refractivity contribution is 0.424. The van der Waals surface area contributed by atoms with Gasteiger partial charge in [0.1, 0.15) is 14.8 Å². The van der Waals surface area contributed by atoms with Crippen molar-refractivity contribution >= 4 is 33.9 Å². The second-order valence-electron chi connectivity index (χ2n) is 3.18. The van der Waals surface area contributed by atoms with Crippen LogP contribution in [0.15, 0.2) is 5.38 Å². The number of hydrogen-bond acceptors (Lipinski definition) is 7. The van der Waals surface area contributed by atoms with E-state index in [-0.39, 0.29) is 11.3 Å². The molecule has 0 aliphatic carbocycles. The smallest absolute Gasteiger partial charge is 0.422 e. The fourth-order valence-corrected chi connectivity index (χ4v) is 2.73. The highest BCUT2D eigenvalue weighted by molar-refractivity contribution is 7.90. The third kappa shape index (κ3) is 3.88. The van der Waals surface area contributed by atoms with Crippen LogP contribution in [0.4, 0.5) is 0 Å². The molecule has 0 aliphatic heterocycles. The van der Waals surface area contributed by atoms with Gasteiger partial charge >= 0.3 is 7.12 Å². The van der Waals surface area contributed by atoms with Gasteiger partial charge in [-0.2, -0.15) is 0 Å². The lowest BCUT2D eigenvalue weighted by atomic mass is 9.88. The van der Waals surface area contributed by atoms with Crippen LogP contribution in [0.2, 0.25) is 0 Å². The highest BCUT2D eigenvalue weighted by Gasteiger charge is 2.20. The Bertz CT molecular complexity index is 430. The molecule has 0 amide bonds. The topological polar surface area (TPSA) is 114 Å². The molecule has 1 aromatic heterocycles. The molecule has 0 radical (unpaired) electrons. The van der Waals surface area contributed by atoms with Crippen molar-refractivity contribution in [2.75, 3.05) is 12.0 Å². The fraction of sp³-hybridized carbons (Fsp3) is 0.500. The molecule has 0 aliphatic rings. The Hall–Kier alpha value is -0.475. The van der Waals surface area contributed by atoms with E-state index in [1.807, 2.05) is 0 Å². The monoisotopic (exact) mass is 250 g/mol. The van der Waals surface area contributed by atoms with E-state index in [1.54, 1.807) is 0 Å². The van der Waals surface area contributed by atoms with Gasteiger partial charge in [0, 0.05) is 11.6 Å². The van der Waals surface area contributed by atoms with Crippen molar-refractivity contribution in [3.05, 3.63) is 10.4 Å². The molecule has 0 aromatic carbocycles. The minimum absolute atomic E-state index is 0.0824. The van der Waals surface area contributed by atoms with Crippen LogP contribution >= 0.6 is 11.3 Å². The fourth-order valence-electron chi connectivity index (χ4n) is 0.987. The largest absolute Gasteiger partial charge is 0.509 e. The summed E-state index contributed by atoms with van der Waals surface area (Å²) >= 11 is 1.11. The molecule has 15 heavy (non-hydrogen) atoms. The summed E-state index contributed by atoms with van der Waals surface area (Å²) in [6, 6.07) is -0.725. The molecule has 0 saturated heterocycles. The lowest BCUT2D eigenvalue weighted by Gasteiger charge is -2.05. The Morgan fingerprint density at radius 3 is 2.67 bits per heavy atom. The van der Waals surface area contributed by atoms with E-state index in [1.165, 1.54) is 5.38 Å². The highest BCUT2D eigenvalue weighted by Crippen LogP contribution is 2.13. The molecule has 1 atom stereocenters. The van der Waals surface area contributed by atoms with Crippen molar-refractivity contribution < 1.29 is 18.5 Å². The first-order valence-electron chi connectivity index (χ1n) is 4.04. The molecule has 1 heterocycles. The first-order valence-corrected chi connectivity index (χ1v) is 6.98. The van der Waals surface area contributed by atoms with E-state index >= 15 is 0 Å². The minimum atomic E-state index is -3.17. The van der Waals surface area contributed by atoms with Crippen molar-refractivity contribution in [1.82, 2.24) is 4.98 Å². The predicted molar refractivity (Wildman–Crippen MR) is 58.6 cm³/mol. The predicted octanol–water partition coefficient (Wildman–Crippen LogP) is -2.13. The quantitative estimate of drug-likeness (QED) is 0.526. The summed E-state index contributed by atoms with van der Waals surface area (Å²) in [5.74, 6) is -0.207. The molecule has 6 nitrogen and oxygen atoms in total. The van der Waals surface area contributed by atoms with Gasteiger partial charge in [0.05, 0.1) is 17.4 Å². The van der Waals surface area contributed by atoms with Crippen LogP contribution in [0, 0.1) is 0 Å². The Morgan fingerprint density at radius 2 is 2.27 bits per heavy atom. The van der Waals surface area contributed by atoms with Crippen LogP contribution < -0.4 is 11.3 Å². The molecular formula is C6H11BN2O4S2. The van der Waals surface area contributed by atoms with Crippen molar-refractivity contribution in [3.63, 3.8) is 0 Å². The third-order valence-corrected chi connectivity index (χ3v) is 3.56. The first-order chi connectivity index (χ1) is 6.79. The lowest BCUT2D eigenvalue weighted by Crippen LogP contribution is -2.31. The molecule has 9 heteroatoms. The number of aromatic nitrogens is 1. The zero-order valence-electron chi connectivity index (χ0n) is 7.99. The van der Waals surface area contributed by atoms with Gasteiger partial charge in [-0.05, 0) is 0 Å². The molecular weight excluding hydrogens is 239 g/mol. The van der Waals surface area contributed by atoms with Crippen LogP contribution in [0.1, 0.15) is 11.0 Å². The average Bonchev–Trinajstić information content (AvgIpc) is 2.47. The summed E-state index contributed by atoms with van der Waals surface area (Å²) in [5, 5.41) is 19.4. The van der Waals surface area contributed by atoms with Crippen LogP contribution in [-0.2, 0) is 9.84 Å². The average molecular weight is 250 g/mol. The Balaban J connectivity index is 2.79. The molecule has 0 spiro atoms. The highest BCUT2D eigenvalue weighted by atomic mass is 32.2. The van der Waals surface area contributed by atoms with Crippen molar-refractivity contribution in [1.29, 1.82) is 0 Å². The van der Waals surface area contributed by atoms with Crippen LogP contribution in [0.5, 0.6) is 0 Å². The maximum absolute atomic E-state index is 11.0. The Kier molecular flexibility index (Phi) is 3.84. The number of rotatable bonds is 4. The van der Waals surface area contributed by atoms with Gasteiger partial charge in [0.25, 0.3) is 0 Å². The molecule has 1 aromatic rings. The first kappa shape index (κ1) is 12.6. The van der Waals surface area contributed by atoms with E-state index in [0.717, 1.165) is 17.6 Å². The molecule has 0 bridgehead atoms. The Labute approximate surface area is 91.8 Å². The number of nitrogens with two attached hydrogens (primary N) is 1. The number of hydrogen-bond donors (Lipinski definition) is 3. The molecule has 4 N–H and O–H groups in total. The molecule has 0 fully saturated rings. The molecule has 84 valence electrons. The molecule has 1 unspecified atom stereocenters. The second kappa shape index (κ2) is 4.58. The second-order valence-corrected chi connectivity index (χ2v) is 6.26. The standard InChI is InChI=1S/C6H11BN2O4S2/c1-15(12,13)3-4(8)6-9-5(2-14-6)7(10)11/h2,4,10-11H,3,8H2,1H3. The number of nitrogens with zero attached hydrogens (tertiary/aromatic N) is 1. The normalized spacial score (nSPS) is 13.9. The summed E-state index contributed by atoms with van der Waals surface area (Å²) in [5.41, 5.74) is 5.68. The Morgan fingerprint density at radius 1 is 1.67 bits per heavy atom. The number of sulfone groups is 1. The van der Waals surface area contributed by atoms with E-state index in [4.69, 9.17) is 15.8 Å². The molecule has 0 saturated carbocycles. The van der Waals surface area contributed by atoms with Crippen LogP contribution in [0.25, 0.3) is 0 Å². The van der Waals surface area contributed by atoms with Crippen LogP contribution in [0.3, 0.4) is 0 Å². The maximum Gasteiger partial charge on any atom is 0.509 e. The van der Waals surface area contributed by atoms with E-state index in [0.29, 0.717) is 5.01 Å². The summed E-state index contributed by atoms with van der Waals surface area (Å²) in [7, 11) is -4.82. The van der Waals surface area contributed by atoms with E-state index in [9.17, 15) is 8.42 Å². The maximum atomic E-state index is 11.0. The van der Waals surface area contributed by atoms with Crippen molar-refractivity contribution in [2.45, 2.75) is 6.04 Å². The van der Waals surface area contributed by atoms with Gasteiger partial charge in [-0.1, -0.05) is 0 Å². The summed E-state index contributed by atoms with van der Waals surface area (Å²) < 4.78 is 21.9. The van der Waals surface area contributed by atoms with E-state index in [2.05, 4.69) is 4.98 Å². The van der Waals surface area contributed by atoms with Gasteiger partial charge in [0.2, 0.25) is 0 Å². The van der Waals surface area contributed by atoms with Gasteiger partial charge in [0.15, 0.2) is 0 Å². The van der Waals surface area contributed by atoms with Crippen molar-refractivity contribution in [3.8, 4) is 0 Å². The minimum Gasteiger partial charge on any atom is -0.422 e. The van der Waals surface area contributed by atoms with Gasteiger partial charge in [-0.15, -0.1) is 11.3 Å². The number of thiazole rings is 1. The van der Waals surface area contributed by atoms with Crippen molar-refractivity contribution in [2.24, 2.45) is 5.73 Å². The zero-order chi connectivity index (χ0) is 11.6. The summed E-state index contributed by atoms with van der Waals surface area (Å²) in [4.78, 5) is 3.82.